The van der Waals surface area contributed by atoms with Gasteiger partial charge in [-0.05, 0) is 55.7 Å². The van der Waals surface area contributed by atoms with Gasteiger partial charge in [0.05, 0.1) is 17.4 Å². The Balaban J connectivity index is 1.51. The van der Waals surface area contributed by atoms with Crippen molar-refractivity contribution >= 4 is 23.3 Å². The molecule has 1 saturated heterocycles. The van der Waals surface area contributed by atoms with E-state index >= 15 is 0 Å². The van der Waals surface area contributed by atoms with E-state index in [-0.39, 0.29) is 24.6 Å². The Hall–Kier alpha value is -3.80. The second-order valence-corrected chi connectivity index (χ2v) is 8.24. The number of benzene rings is 3. The smallest absolute Gasteiger partial charge is 0.325 e. The van der Waals surface area contributed by atoms with Crippen molar-refractivity contribution in [1.29, 1.82) is 0 Å². The largest absolute Gasteiger partial charge is 0.484 e. The molecule has 1 unspecified atom stereocenters. The maximum Gasteiger partial charge on any atom is 0.325 e. The van der Waals surface area contributed by atoms with Gasteiger partial charge in [-0.25, -0.2) is 4.79 Å². The highest BCUT2D eigenvalue weighted by molar-refractivity contribution is 6.01. The summed E-state index contributed by atoms with van der Waals surface area (Å²) >= 11 is 0. The lowest BCUT2D eigenvalue weighted by atomic mass is 10.1. The summed E-state index contributed by atoms with van der Waals surface area (Å²) in [5.74, 6) is 0.360. The van der Waals surface area contributed by atoms with Crippen LogP contribution in [0.15, 0.2) is 78.9 Å². The predicted molar refractivity (Wildman–Crippen MR) is 131 cm³/mol. The molecule has 1 fully saturated rings. The molecule has 1 atom stereocenters. The fourth-order valence-corrected chi connectivity index (χ4v) is 4.08. The summed E-state index contributed by atoms with van der Waals surface area (Å²) in [6, 6.07) is 24.9. The van der Waals surface area contributed by atoms with E-state index in [0.717, 1.165) is 17.5 Å². The Morgan fingerprint density at radius 2 is 1.70 bits per heavy atom. The normalized spacial score (nSPS) is 14.7. The number of rotatable bonds is 7. The number of nitrogens with zero attached hydrogens (tertiary/aromatic N) is 2. The molecule has 3 aromatic carbocycles. The number of hydrogen-bond acceptors (Lipinski definition) is 3. The van der Waals surface area contributed by atoms with E-state index in [9.17, 15) is 9.59 Å². The summed E-state index contributed by atoms with van der Waals surface area (Å²) in [6.07, 6.45) is 0.849. The quantitative estimate of drug-likeness (QED) is 0.531. The van der Waals surface area contributed by atoms with Crippen molar-refractivity contribution in [3.05, 3.63) is 90.0 Å². The summed E-state index contributed by atoms with van der Waals surface area (Å²) < 4.78 is 5.57. The molecule has 0 radical (unpaired) electrons. The second-order valence-electron chi connectivity index (χ2n) is 8.24. The van der Waals surface area contributed by atoms with Crippen LogP contribution in [0.1, 0.15) is 30.5 Å². The Bertz CT molecular complexity index is 1100. The summed E-state index contributed by atoms with van der Waals surface area (Å²) in [5.41, 5.74) is 3.41. The lowest BCUT2D eigenvalue weighted by Crippen LogP contribution is -2.50. The highest BCUT2D eigenvalue weighted by atomic mass is 16.5. The molecule has 1 heterocycles. The molecule has 0 bridgehead atoms. The SMILES string of the molecule is Cc1ccc(N2CCCN(C(C)c3ccccc3)C2=O)c(NC(=O)COc2ccccc2)c1. The van der Waals surface area contributed by atoms with Crippen molar-refractivity contribution in [3.63, 3.8) is 0 Å². The molecule has 0 aromatic heterocycles. The van der Waals surface area contributed by atoms with Gasteiger partial charge in [-0.1, -0.05) is 54.6 Å². The minimum Gasteiger partial charge on any atom is -0.484 e. The zero-order valence-corrected chi connectivity index (χ0v) is 19.0. The Labute approximate surface area is 194 Å². The van der Waals surface area contributed by atoms with Crippen LogP contribution in [0, 0.1) is 6.92 Å². The van der Waals surface area contributed by atoms with Gasteiger partial charge in [0.2, 0.25) is 0 Å². The second kappa shape index (κ2) is 10.2. The standard InChI is InChI=1S/C27H29N3O3/c1-20-14-15-25(24(18-20)28-26(31)19-33-23-12-7-4-8-13-23)30-17-9-16-29(27(30)32)21(2)22-10-5-3-6-11-22/h3-8,10-15,18,21H,9,16-17,19H2,1-2H3,(H,28,31). The molecule has 33 heavy (non-hydrogen) atoms. The third-order valence-corrected chi connectivity index (χ3v) is 5.84. The van der Waals surface area contributed by atoms with Crippen LogP contribution < -0.4 is 15.0 Å². The van der Waals surface area contributed by atoms with Crippen LogP contribution in [0.4, 0.5) is 16.2 Å². The van der Waals surface area contributed by atoms with Crippen LogP contribution in [-0.4, -0.2) is 36.5 Å². The van der Waals surface area contributed by atoms with Gasteiger partial charge < -0.3 is 15.0 Å². The van der Waals surface area contributed by atoms with E-state index in [0.29, 0.717) is 30.2 Å². The van der Waals surface area contributed by atoms with Gasteiger partial charge in [0.15, 0.2) is 6.61 Å². The van der Waals surface area contributed by atoms with Crippen LogP contribution in [0.2, 0.25) is 0 Å². The molecule has 1 aliphatic heterocycles. The van der Waals surface area contributed by atoms with Crippen molar-refractivity contribution < 1.29 is 14.3 Å². The van der Waals surface area contributed by atoms with Crippen molar-refractivity contribution in [2.45, 2.75) is 26.3 Å². The number of para-hydroxylation sites is 1. The molecule has 1 N–H and O–H groups in total. The van der Waals surface area contributed by atoms with Gasteiger partial charge in [-0.15, -0.1) is 0 Å². The van der Waals surface area contributed by atoms with Gasteiger partial charge in [-0.2, -0.15) is 0 Å². The third kappa shape index (κ3) is 5.34. The fourth-order valence-electron chi connectivity index (χ4n) is 4.08. The number of amides is 3. The number of aryl methyl sites for hydroxylation is 1. The molecule has 4 rings (SSSR count). The van der Waals surface area contributed by atoms with Gasteiger partial charge in [0, 0.05) is 13.1 Å². The van der Waals surface area contributed by atoms with Gasteiger partial charge in [0.25, 0.3) is 5.91 Å². The van der Waals surface area contributed by atoms with E-state index in [1.807, 2.05) is 78.6 Å². The molecular formula is C27H29N3O3. The fraction of sp³-hybridized carbons (Fsp3) is 0.259. The van der Waals surface area contributed by atoms with Crippen LogP contribution in [0.5, 0.6) is 5.75 Å². The van der Waals surface area contributed by atoms with Crippen molar-refractivity contribution in [2.75, 3.05) is 29.9 Å². The zero-order valence-electron chi connectivity index (χ0n) is 19.0. The number of carbonyl (C=O) groups is 2. The first kappa shape index (κ1) is 22.4. The minimum atomic E-state index is -0.273. The van der Waals surface area contributed by atoms with Crippen molar-refractivity contribution in [3.8, 4) is 5.75 Å². The van der Waals surface area contributed by atoms with Crippen LogP contribution >= 0.6 is 0 Å². The molecule has 3 amide bonds. The molecule has 6 nitrogen and oxygen atoms in total. The minimum absolute atomic E-state index is 0.0377. The molecule has 0 aliphatic carbocycles. The Kier molecular flexibility index (Phi) is 6.93. The molecule has 1 aliphatic rings. The van der Waals surface area contributed by atoms with Crippen LogP contribution in [0.3, 0.4) is 0 Å². The third-order valence-electron chi connectivity index (χ3n) is 5.84. The van der Waals surface area contributed by atoms with E-state index in [1.165, 1.54) is 0 Å². The first-order valence-corrected chi connectivity index (χ1v) is 11.2. The predicted octanol–water partition coefficient (Wildman–Crippen LogP) is 5.41. The van der Waals surface area contributed by atoms with E-state index in [1.54, 1.807) is 17.0 Å². The number of ether oxygens (including phenoxy) is 1. The van der Waals surface area contributed by atoms with Gasteiger partial charge in [0.1, 0.15) is 5.75 Å². The summed E-state index contributed by atoms with van der Waals surface area (Å²) in [4.78, 5) is 29.8. The summed E-state index contributed by atoms with van der Waals surface area (Å²) in [7, 11) is 0. The van der Waals surface area contributed by atoms with Crippen LogP contribution in [-0.2, 0) is 4.79 Å². The molecule has 0 saturated carbocycles. The molecular weight excluding hydrogens is 414 g/mol. The topological polar surface area (TPSA) is 61.9 Å². The highest BCUT2D eigenvalue weighted by Crippen LogP contribution is 2.32. The average molecular weight is 444 g/mol. The molecule has 170 valence electrons. The van der Waals surface area contributed by atoms with Gasteiger partial charge in [-0.3, -0.25) is 9.69 Å². The monoisotopic (exact) mass is 443 g/mol. The number of nitrogens with one attached hydrogen (secondary N) is 1. The number of carbonyl (C=O) groups excluding carboxylic acids is 2. The Morgan fingerprint density at radius 1 is 1.00 bits per heavy atom. The molecule has 6 heteroatoms. The molecule has 3 aromatic rings. The maximum atomic E-state index is 13.5. The zero-order chi connectivity index (χ0) is 23.2. The average Bonchev–Trinajstić information content (AvgIpc) is 2.84. The van der Waals surface area contributed by atoms with E-state index in [2.05, 4.69) is 12.2 Å². The first-order chi connectivity index (χ1) is 16.0. The van der Waals surface area contributed by atoms with Crippen molar-refractivity contribution in [1.82, 2.24) is 4.90 Å². The lowest BCUT2D eigenvalue weighted by molar-refractivity contribution is -0.118. The Morgan fingerprint density at radius 3 is 2.42 bits per heavy atom. The number of urea groups is 1. The van der Waals surface area contributed by atoms with Crippen molar-refractivity contribution in [2.24, 2.45) is 0 Å². The summed E-state index contributed by atoms with van der Waals surface area (Å²) in [5, 5.41) is 2.94. The molecule has 0 spiro atoms. The maximum absolute atomic E-state index is 13.5. The number of anilines is 2. The van der Waals surface area contributed by atoms with Gasteiger partial charge >= 0.3 is 6.03 Å². The van der Waals surface area contributed by atoms with Crippen LogP contribution in [0.25, 0.3) is 0 Å². The lowest BCUT2D eigenvalue weighted by Gasteiger charge is -2.39. The van der Waals surface area contributed by atoms with E-state index in [4.69, 9.17) is 4.74 Å². The van der Waals surface area contributed by atoms with E-state index < -0.39 is 0 Å². The first-order valence-electron chi connectivity index (χ1n) is 11.2. The number of hydrogen-bond donors (Lipinski definition) is 1. The summed E-state index contributed by atoms with van der Waals surface area (Å²) in [6.45, 7) is 5.20. The highest BCUT2D eigenvalue weighted by Gasteiger charge is 2.32.